The Labute approximate surface area is 112 Å². The van der Waals surface area contributed by atoms with E-state index in [1.165, 1.54) is 4.90 Å². The van der Waals surface area contributed by atoms with E-state index in [0.717, 1.165) is 18.5 Å². The molecule has 0 aliphatic carbocycles. The van der Waals surface area contributed by atoms with Crippen molar-refractivity contribution in [2.75, 3.05) is 6.54 Å². The molecule has 2 heterocycles. The standard InChI is InChI=1S/C13H20N2O4/c1-8-4-5-9(7-15(8)12(16)17)10-6-11(19-14-10)13(2,3)18/h6,8-9,18H,4-5,7H2,1-3H3,(H,16,17). The summed E-state index contributed by atoms with van der Waals surface area (Å²) in [4.78, 5) is 12.6. The van der Waals surface area contributed by atoms with E-state index in [1.807, 2.05) is 6.92 Å². The van der Waals surface area contributed by atoms with Gasteiger partial charge in [-0.05, 0) is 33.6 Å². The van der Waals surface area contributed by atoms with Crippen LogP contribution >= 0.6 is 0 Å². The number of hydrogen-bond donors (Lipinski definition) is 2. The molecule has 6 nitrogen and oxygen atoms in total. The van der Waals surface area contributed by atoms with Gasteiger partial charge in [0.2, 0.25) is 0 Å². The number of piperidine rings is 1. The fraction of sp³-hybridized carbons (Fsp3) is 0.692. The first-order valence-electron chi connectivity index (χ1n) is 6.48. The SMILES string of the molecule is CC1CCC(c2cc(C(C)(C)O)on2)CN1C(=O)O. The number of hydrogen-bond acceptors (Lipinski definition) is 4. The molecule has 0 bridgehead atoms. The Hall–Kier alpha value is -1.56. The van der Waals surface area contributed by atoms with Crippen molar-refractivity contribution in [3.8, 4) is 0 Å². The maximum atomic E-state index is 11.1. The van der Waals surface area contributed by atoms with Crippen molar-refractivity contribution in [3.63, 3.8) is 0 Å². The molecule has 106 valence electrons. The van der Waals surface area contributed by atoms with Crippen molar-refractivity contribution in [1.29, 1.82) is 0 Å². The second-order valence-corrected chi connectivity index (χ2v) is 5.73. The predicted molar refractivity (Wildman–Crippen MR) is 67.9 cm³/mol. The van der Waals surface area contributed by atoms with E-state index in [4.69, 9.17) is 9.63 Å². The normalized spacial score (nSPS) is 24.5. The van der Waals surface area contributed by atoms with Crippen LogP contribution in [0.3, 0.4) is 0 Å². The van der Waals surface area contributed by atoms with E-state index in [-0.39, 0.29) is 12.0 Å². The first kappa shape index (κ1) is 13.9. The van der Waals surface area contributed by atoms with Gasteiger partial charge in [0.15, 0.2) is 5.76 Å². The minimum Gasteiger partial charge on any atom is -0.465 e. The van der Waals surface area contributed by atoms with Gasteiger partial charge in [0, 0.05) is 24.6 Å². The summed E-state index contributed by atoms with van der Waals surface area (Å²) in [7, 11) is 0. The van der Waals surface area contributed by atoms with Crippen LogP contribution in [0.1, 0.15) is 51.0 Å². The van der Waals surface area contributed by atoms with E-state index in [2.05, 4.69) is 5.16 Å². The van der Waals surface area contributed by atoms with Crippen molar-refractivity contribution in [2.45, 2.75) is 51.2 Å². The van der Waals surface area contributed by atoms with Crippen LogP contribution in [0.4, 0.5) is 4.79 Å². The van der Waals surface area contributed by atoms with Gasteiger partial charge in [-0.2, -0.15) is 0 Å². The molecular formula is C13H20N2O4. The number of rotatable bonds is 2. The van der Waals surface area contributed by atoms with Crippen LogP contribution in [-0.4, -0.2) is 38.9 Å². The van der Waals surface area contributed by atoms with E-state index in [1.54, 1.807) is 19.9 Å². The van der Waals surface area contributed by atoms with Gasteiger partial charge in [-0.3, -0.25) is 0 Å². The van der Waals surface area contributed by atoms with Crippen molar-refractivity contribution >= 4 is 6.09 Å². The summed E-state index contributed by atoms with van der Waals surface area (Å²) >= 11 is 0. The average Bonchev–Trinajstić information content (AvgIpc) is 2.78. The molecule has 0 radical (unpaired) electrons. The highest BCUT2D eigenvalue weighted by Gasteiger charge is 2.32. The molecule has 1 amide bonds. The number of likely N-dealkylation sites (tertiary alicyclic amines) is 1. The molecule has 1 fully saturated rings. The summed E-state index contributed by atoms with van der Waals surface area (Å²) in [5, 5.41) is 23.0. The fourth-order valence-corrected chi connectivity index (χ4v) is 2.38. The lowest BCUT2D eigenvalue weighted by Gasteiger charge is -2.35. The molecule has 6 heteroatoms. The maximum absolute atomic E-state index is 11.1. The second-order valence-electron chi connectivity index (χ2n) is 5.73. The van der Waals surface area contributed by atoms with Gasteiger partial charge in [0.05, 0.1) is 5.69 Å². The Bertz CT molecular complexity index is 463. The van der Waals surface area contributed by atoms with Gasteiger partial charge in [-0.15, -0.1) is 0 Å². The van der Waals surface area contributed by atoms with Crippen LogP contribution in [0.15, 0.2) is 10.6 Å². The van der Waals surface area contributed by atoms with Crippen molar-refractivity contribution in [2.24, 2.45) is 0 Å². The van der Waals surface area contributed by atoms with E-state index in [9.17, 15) is 9.90 Å². The van der Waals surface area contributed by atoms with E-state index < -0.39 is 11.7 Å². The Morgan fingerprint density at radius 3 is 2.74 bits per heavy atom. The van der Waals surface area contributed by atoms with Gasteiger partial charge < -0.3 is 19.6 Å². The summed E-state index contributed by atoms with van der Waals surface area (Å²) in [5.41, 5.74) is -0.352. The minimum absolute atomic E-state index is 0.0344. The molecule has 1 aliphatic heterocycles. The van der Waals surface area contributed by atoms with E-state index in [0.29, 0.717) is 12.3 Å². The van der Waals surface area contributed by atoms with Crippen LogP contribution in [0.2, 0.25) is 0 Å². The van der Waals surface area contributed by atoms with Crippen LogP contribution in [0.5, 0.6) is 0 Å². The highest BCUT2D eigenvalue weighted by molar-refractivity contribution is 5.65. The molecule has 2 unspecified atom stereocenters. The van der Waals surface area contributed by atoms with Crippen LogP contribution in [0, 0.1) is 0 Å². The number of nitrogens with zero attached hydrogens (tertiary/aromatic N) is 2. The Balaban J connectivity index is 2.14. The Morgan fingerprint density at radius 1 is 1.53 bits per heavy atom. The molecule has 1 aromatic heterocycles. The van der Waals surface area contributed by atoms with Gasteiger partial charge in [-0.25, -0.2) is 4.79 Å². The van der Waals surface area contributed by atoms with Gasteiger partial charge >= 0.3 is 6.09 Å². The second kappa shape index (κ2) is 4.85. The van der Waals surface area contributed by atoms with Gasteiger partial charge in [0.1, 0.15) is 5.60 Å². The smallest absolute Gasteiger partial charge is 0.407 e. The minimum atomic E-state index is -1.07. The van der Waals surface area contributed by atoms with Crippen LogP contribution in [-0.2, 0) is 5.60 Å². The summed E-state index contributed by atoms with van der Waals surface area (Å²) in [6.07, 6.45) is 0.785. The van der Waals surface area contributed by atoms with E-state index >= 15 is 0 Å². The third kappa shape index (κ3) is 2.89. The molecular weight excluding hydrogens is 248 g/mol. The molecule has 19 heavy (non-hydrogen) atoms. The summed E-state index contributed by atoms with van der Waals surface area (Å²) in [6.45, 7) is 5.59. The molecule has 0 spiro atoms. The largest absolute Gasteiger partial charge is 0.465 e. The number of carbonyl (C=O) groups is 1. The Morgan fingerprint density at radius 2 is 2.21 bits per heavy atom. The average molecular weight is 268 g/mol. The van der Waals surface area contributed by atoms with Gasteiger partial charge in [-0.1, -0.05) is 5.16 Å². The molecule has 0 saturated carbocycles. The highest BCUT2D eigenvalue weighted by Crippen LogP contribution is 2.31. The molecule has 1 aliphatic rings. The molecule has 2 N–H and O–H groups in total. The first-order valence-corrected chi connectivity index (χ1v) is 6.48. The lowest BCUT2D eigenvalue weighted by atomic mass is 9.90. The number of aliphatic hydroxyl groups is 1. The zero-order valence-corrected chi connectivity index (χ0v) is 11.5. The molecule has 1 aromatic rings. The summed E-state index contributed by atoms with van der Waals surface area (Å²) < 4.78 is 5.14. The predicted octanol–water partition coefficient (Wildman–Crippen LogP) is 2.15. The zero-order valence-electron chi connectivity index (χ0n) is 11.5. The van der Waals surface area contributed by atoms with Crippen molar-refractivity contribution in [1.82, 2.24) is 10.1 Å². The monoisotopic (exact) mass is 268 g/mol. The fourth-order valence-electron chi connectivity index (χ4n) is 2.38. The number of carboxylic acid groups (broad SMARTS) is 1. The van der Waals surface area contributed by atoms with Crippen molar-refractivity contribution < 1.29 is 19.5 Å². The maximum Gasteiger partial charge on any atom is 0.407 e. The van der Waals surface area contributed by atoms with Crippen molar-refractivity contribution in [3.05, 3.63) is 17.5 Å². The first-order chi connectivity index (χ1) is 8.79. The molecule has 0 aromatic carbocycles. The topological polar surface area (TPSA) is 86.8 Å². The van der Waals surface area contributed by atoms with Crippen LogP contribution < -0.4 is 0 Å². The Kier molecular flexibility index (Phi) is 3.54. The van der Waals surface area contributed by atoms with Crippen LogP contribution in [0.25, 0.3) is 0 Å². The number of amides is 1. The number of aromatic nitrogens is 1. The quantitative estimate of drug-likeness (QED) is 0.858. The summed E-state index contributed by atoms with van der Waals surface area (Å²) in [5.74, 6) is 0.440. The third-order valence-corrected chi connectivity index (χ3v) is 3.68. The zero-order chi connectivity index (χ0) is 14.2. The lowest BCUT2D eigenvalue weighted by Crippen LogP contribution is -2.44. The van der Waals surface area contributed by atoms with Gasteiger partial charge in [0.25, 0.3) is 0 Å². The lowest BCUT2D eigenvalue weighted by molar-refractivity contribution is 0.0474. The third-order valence-electron chi connectivity index (χ3n) is 3.68. The highest BCUT2D eigenvalue weighted by atomic mass is 16.5. The molecule has 2 atom stereocenters. The summed E-state index contributed by atoms with van der Waals surface area (Å²) in [6, 6.07) is 1.76. The molecule has 2 rings (SSSR count). The molecule has 1 saturated heterocycles.